The Balaban J connectivity index is 1.44. The highest BCUT2D eigenvalue weighted by molar-refractivity contribution is 6.33. The van der Waals surface area contributed by atoms with E-state index in [9.17, 15) is 9.59 Å². The molecule has 4 nitrogen and oxygen atoms in total. The Morgan fingerprint density at radius 2 is 1.55 bits per heavy atom. The minimum Gasteiger partial charge on any atom is -0.426 e. The Hall–Kier alpha value is -3.11. The number of carbonyl (C=O) groups excluding carboxylic acids is 2. The van der Waals surface area contributed by atoms with E-state index in [-0.39, 0.29) is 24.3 Å². The van der Waals surface area contributed by atoms with Gasteiger partial charge < -0.3 is 9.64 Å². The number of halogens is 1. The Bertz CT molecular complexity index is 1090. The maximum Gasteiger partial charge on any atom is 0.316 e. The minimum atomic E-state index is -0.524. The fraction of sp³-hybridized carbons (Fsp3) is 0.231. The predicted molar refractivity (Wildman–Crippen MR) is 123 cm³/mol. The second-order valence-corrected chi connectivity index (χ2v) is 8.70. The number of esters is 1. The van der Waals surface area contributed by atoms with Crippen molar-refractivity contribution in [2.24, 2.45) is 5.92 Å². The summed E-state index contributed by atoms with van der Waals surface area (Å²) in [6.07, 6.45) is 0.114. The summed E-state index contributed by atoms with van der Waals surface area (Å²) < 4.78 is 5.58. The highest BCUT2D eigenvalue weighted by atomic mass is 35.5. The highest BCUT2D eigenvalue weighted by Crippen LogP contribution is 2.33. The van der Waals surface area contributed by atoms with E-state index in [0.717, 1.165) is 5.56 Å². The van der Waals surface area contributed by atoms with E-state index in [2.05, 4.69) is 26.0 Å². The van der Waals surface area contributed by atoms with Gasteiger partial charge in [0, 0.05) is 18.4 Å². The van der Waals surface area contributed by atoms with Crippen molar-refractivity contribution in [3.8, 4) is 5.75 Å². The number of hydrogen-bond acceptors (Lipinski definition) is 3. The molecule has 1 aliphatic heterocycles. The van der Waals surface area contributed by atoms with E-state index in [0.29, 0.717) is 16.5 Å². The van der Waals surface area contributed by atoms with Crippen LogP contribution in [-0.2, 0) is 15.0 Å². The number of hydrogen-bond donors (Lipinski definition) is 0. The third kappa shape index (κ3) is 4.35. The molecular weight excluding hydrogens is 410 g/mol. The van der Waals surface area contributed by atoms with Crippen LogP contribution in [0.1, 0.15) is 31.4 Å². The first-order valence-electron chi connectivity index (χ1n) is 10.3. The van der Waals surface area contributed by atoms with Gasteiger partial charge in [-0.3, -0.25) is 9.59 Å². The van der Waals surface area contributed by atoms with Gasteiger partial charge in [0.25, 0.3) is 0 Å². The highest BCUT2D eigenvalue weighted by Gasteiger charge is 2.37. The van der Waals surface area contributed by atoms with Crippen LogP contribution in [0.5, 0.6) is 5.75 Å². The zero-order chi connectivity index (χ0) is 22.0. The Kier molecular flexibility index (Phi) is 5.84. The third-order valence-corrected chi connectivity index (χ3v) is 6.21. The van der Waals surface area contributed by atoms with Gasteiger partial charge in [-0.1, -0.05) is 80.0 Å². The van der Waals surface area contributed by atoms with Gasteiger partial charge in [0.2, 0.25) is 5.91 Å². The molecule has 1 amide bonds. The normalized spacial score (nSPS) is 16.4. The van der Waals surface area contributed by atoms with E-state index in [4.69, 9.17) is 16.3 Å². The lowest BCUT2D eigenvalue weighted by Gasteiger charge is -2.26. The number of rotatable bonds is 5. The summed E-state index contributed by atoms with van der Waals surface area (Å²) in [6.45, 7) is 4.59. The van der Waals surface area contributed by atoms with Gasteiger partial charge in [0.05, 0.1) is 16.6 Å². The molecule has 31 heavy (non-hydrogen) atoms. The molecule has 3 aromatic rings. The number of benzene rings is 3. The monoisotopic (exact) mass is 433 g/mol. The summed E-state index contributed by atoms with van der Waals surface area (Å²) in [6, 6.07) is 25.0. The molecule has 5 heteroatoms. The molecule has 0 saturated carbocycles. The molecule has 1 atom stereocenters. The molecule has 3 aromatic carbocycles. The number of carbonyl (C=O) groups is 2. The van der Waals surface area contributed by atoms with Crippen molar-refractivity contribution in [2.75, 3.05) is 11.4 Å². The molecular formula is C26H24ClNO3. The number of para-hydroxylation sites is 1. The number of nitrogens with zero attached hydrogens (tertiary/aromatic N) is 1. The third-order valence-electron chi connectivity index (χ3n) is 5.89. The van der Waals surface area contributed by atoms with Crippen LogP contribution in [0.3, 0.4) is 0 Å². The van der Waals surface area contributed by atoms with Crippen LogP contribution in [0.15, 0.2) is 78.9 Å². The SMILES string of the molecule is CC(C)(c1ccccc1)c1ccc(OC(=O)[C@@H]2CC(=O)N(c3ccccc3Cl)C2)cc1. The van der Waals surface area contributed by atoms with Crippen LogP contribution < -0.4 is 9.64 Å². The first-order valence-corrected chi connectivity index (χ1v) is 10.7. The van der Waals surface area contributed by atoms with Crippen LogP contribution in [-0.4, -0.2) is 18.4 Å². The molecule has 0 aromatic heterocycles. The van der Waals surface area contributed by atoms with Gasteiger partial charge in [-0.25, -0.2) is 0 Å². The van der Waals surface area contributed by atoms with Crippen molar-refractivity contribution in [3.63, 3.8) is 0 Å². The molecule has 1 fully saturated rings. The molecule has 0 bridgehead atoms. The summed E-state index contributed by atoms with van der Waals surface area (Å²) in [4.78, 5) is 26.7. The van der Waals surface area contributed by atoms with Crippen molar-refractivity contribution in [1.29, 1.82) is 0 Å². The molecule has 0 aliphatic carbocycles. The molecule has 4 rings (SSSR count). The van der Waals surface area contributed by atoms with Gasteiger partial charge in [-0.15, -0.1) is 0 Å². The summed E-state index contributed by atoms with van der Waals surface area (Å²) >= 11 is 6.21. The van der Waals surface area contributed by atoms with Crippen molar-refractivity contribution in [3.05, 3.63) is 95.0 Å². The number of amides is 1. The van der Waals surface area contributed by atoms with E-state index >= 15 is 0 Å². The molecule has 0 radical (unpaired) electrons. The zero-order valence-corrected chi connectivity index (χ0v) is 18.3. The van der Waals surface area contributed by atoms with E-state index in [1.807, 2.05) is 36.4 Å². The van der Waals surface area contributed by atoms with Gasteiger partial charge in [-0.2, -0.15) is 0 Å². The summed E-state index contributed by atoms with van der Waals surface area (Å²) in [5.41, 5.74) is 2.79. The molecule has 0 unspecified atom stereocenters. The fourth-order valence-corrected chi connectivity index (χ4v) is 4.17. The maximum atomic E-state index is 12.7. The first-order chi connectivity index (χ1) is 14.9. The average molecular weight is 434 g/mol. The second kappa shape index (κ2) is 8.56. The number of anilines is 1. The average Bonchev–Trinajstić information content (AvgIpc) is 3.17. The maximum absolute atomic E-state index is 12.7. The van der Waals surface area contributed by atoms with Crippen LogP contribution >= 0.6 is 11.6 Å². The second-order valence-electron chi connectivity index (χ2n) is 8.29. The van der Waals surface area contributed by atoms with Gasteiger partial charge in [0.1, 0.15) is 5.75 Å². The Labute approximate surface area is 187 Å². The summed E-state index contributed by atoms with van der Waals surface area (Å²) in [5.74, 6) is -0.585. The van der Waals surface area contributed by atoms with Crippen molar-refractivity contribution in [1.82, 2.24) is 0 Å². The van der Waals surface area contributed by atoms with Crippen LogP contribution in [0.2, 0.25) is 5.02 Å². The van der Waals surface area contributed by atoms with E-state index in [1.165, 1.54) is 5.56 Å². The van der Waals surface area contributed by atoms with E-state index < -0.39 is 11.9 Å². The molecule has 1 aliphatic rings. The van der Waals surface area contributed by atoms with Gasteiger partial charge >= 0.3 is 5.97 Å². The predicted octanol–water partition coefficient (Wildman–Crippen LogP) is 5.62. The minimum absolute atomic E-state index is 0.114. The standard InChI is InChI=1S/C26H24ClNO3/c1-26(2,19-8-4-3-5-9-19)20-12-14-21(15-13-20)31-25(30)18-16-24(29)28(17-18)23-11-7-6-10-22(23)27/h3-15,18H,16-17H2,1-2H3/t18-/m1/s1. The van der Waals surface area contributed by atoms with E-state index in [1.54, 1.807) is 35.2 Å². The Morgan fingerprint density at radius 3 is 2.23 bits per heavy atom. The Morgan fingerprint density at radius 1 is 0.935 bits per heavy atom. The number of ether oxygens (including phenoxy) is 1. The summed E-state index contributed by atoms with van der Waals surface area (Å²) in [7, 11) is 0. The zero-order valence-electron chi connectivity index (χ0n) is 17.5. The molecule has 0 N–H and O–H groups in total. The molecule has 1 heterocycles. The van der Waals surface area contributed by atoms with Crippen molar-refractivity contribution < 1.29 is 14.3 Å². The van der Waals surface area contributed by atoms with Crippen molar-refractivity contribution in [2.45, 2.75) is 25.7 Å². The lowest BCUT2D eigenvalue weighted by molar-refractivity contribution is -0.139. The van der Waals surface area contributed by atoms with Gasteiger partial charge in [0.15, 0.2) is 0 Å². The van der Waals surface area contributed by atoms with Crippen LogP contribution in [0.25, 0.3) is 0 Å². The topological polar surface area (TPSA) is 46.6 Å². The molecule has 1 saturated heterocycles. The van der Waals surface area contributed by atoms with Crippen LogP contribution in [0, 0.1) is 5.92 Å². The summed E-state index contributed by atoms with van der Waals surface area (Å²) in [5, 5.41) is 0.487. The van der Waals surface area contributed by atoms with Crippen molar-refractivity contribution >= 4 is 29.2 Å². The quantitative estimate of drug-likeness (QED) is 0.387. The fourth-order valence-electron chi connectivity index (χ4n) is 3.93. The first kappa shape index (κ1) is 21.1. The van der Waals surface area contributed by atoms with Crippen LogP contribution in [0.4, 0.5) is 5.69 Å². The largest absolute Gasteiger partial charge is 0.426 e. The molecule has 0 spiro atoms. The molecule has 158 valence electrons. The lowest BCUT2D eigenvalue weighted by atomic mass is 9.78. The van der Waals surface area contributed by atoms with Gasteiger partial charge in [-0.05, 0) is 35.4 Å². The lowest BCUT2D eigenvalue weighted by Crippen LogP contribution is -2.27. The smallest absolute Gasteiger partial charge is 0.316 e.